The van der Waals surface area contributed by atoms with Gasteiger partial charge in [0.05, 0.1) is 17.2 Å². The van der Waals surface area contributed by atoms with Gasteiger partial charge in [-0.2, -0.15) is 15.4 Å². The van der Waals surface area contributed by atoms with Gasteiger partial charge in [-0.05, 0) is 0 Å². The van der Waals surface area contributed by atoms with Gasteiger partial charge in [0.1, 0.15) is 5.69 Å². The molecule has 1 aromatic heterocycles. The fourth-order valence-electron chi connectivity index (χ4n) is 1.68. The quantitative estimate of drug-likeness (QED) is 0.623. The van der Waals surface area contributed by atoms with E-state index < -0.39 is 10.8 Å². The Balaban J connectivity index is 1.96. The van der Waals surface area contributed by atoms with Gasteiger partial charge in [0.2, 0.25) is 6.79 Å². The first-order chi connectivity index (χ1) is 9.65. The molecule has 1 aliphatic rings. The summed E-state index contributed by atoms with van der Waals surface area (Å²) >= 11 is 0. The highest BCUT2D eigenvalue weighted by atomic mass is 16.7. The third kappa shape index (κ3) is 1.98. The van der Waals surface area contributed by atoms with Gasteiger partial charge in [-0.25, -0.2) is 0 Å². The average Bonchev–Trinajstić information content (AvgIpc) is 3.08. The molecule has 102 valence electrons. The second-order valence-corrected chi connectivity index (χ2v) is 3.79. The summed E-state index contributed by atoms with van der Waals surface area (Å²) in [7, 11) is 0. The van der Waals surface area contributed by atoms with Crippen LogP contribution in [0.1, 0.15) is 10.5 Å². The Kier molecular flexibility index (Phi) is 2.67. The maximum atomic E-state index is 11.8. The molecule has 0 unspecified atom stereocenters. The molecule has 0 saturated carbocycles. The Morgan fingerprint density at radius 1 is 1.40 bits per heavy atom. The fraction of sp³-hybridized carbons (Fsp3) is 0.100. The summed E-state index contributed by atoms with van der Waals surface area (Å²) in [5, 5.41) is 22.7. The number of carbonyl (C=O) groups excluding carboxylic acids is 1. The number of nitrogens with zero attached hydrogens (tertiary/aromatic N) is 3. The smallest absolute Gasteiger partial charge is 0.296 e. The van der Waals surface area contributed by atoms with Crippen LogP contribution in [-0.2, 0) is 0 Å². The minimum absolute atomic E-state index is 0.00718. The van der Waals surface area contributed by atoms with Crippen LogP contribution in [0.2, 0.25) is 0 Å². The van der Waals surface area contributed by atoms with E-state index in [1.54, 1.807) is 0 Å². The van der Waals surface area contributed by atoms with Gasteiger partial charge in [0.25, 0.3) is 11.6 Å². The van der Waals surface area contributed by atoms with E-state index in [4.69, 9.17) is 9.47 Å². The molecule has 2 N–H and O–H groups in total. The number of carbonyl (C=O) groups is 1. The average molecular weight is 277 g/mol. The van der Waals surface area contributed by atoms with E-state index in [9.17, 15) is 14.9 Å². The predicted molar refractivity (Wildman–Crippen MR) is 63.6 cm³/mol. The summed E-state index contributed by atoms with van der Waals surface area (Å²) in [6.07, 6.45) is 1.20. The van der Waals surface area contributed by atoms with Crippen LogP contribution in [0.4, 0.5) is 11.4 Å². The van der Waals surface area contributed by atoms with E-state index in [2.05, 4.69) is 20.7 Å². The number of nitro benzene ring substituents is 1. The van der Waals surface area contributed by atoms with Crippen molar-refractivity contribution in [3.63, 3.8) is 0 Å². The first kappa shape index (κ1) is 11.9. The Hall–Kier alpha value is -3.17. The SMILES string of the molecule is O=C(Nc1cc2c(cc1[N+](=O)[O-])OCO2)c1cn[nH]n1. The van der Waals surface area contributed by atoms with Crippen LogP contribution in [0.3, 0.4) is 0 Å². The molecule has 3 rings (SSSR count). The summed E-state index contributed by atoms with van der Waals surface area (Å²) in [6, 6.07) is 2.53. The van der Waals surface area contributed by atoms with E-state index in [0.717, 1.165) is 0 Å². The Morgan fingerprint density at radius 3 is 2.80 bits per heavy atom. The van der Waals surface area contributed by atoms with Crippen molar-refractivity contribution in [3.05, 3.63) is 34.1 Å². The predicted octanol–water partition coefficient (Wildman–Crippen LogP) is 0.694. The third-order valence-electron chi connectivity index (χ3n) is 2.58. The maximum absolute atomic E-state index is 11.8. The number of nitrogens with one attached hydrogen (secondary N) is 2. The number of hydrogen-bond acceptors (Lipinski definition) is 7. The number of anilines is 1. The second-order valence-electron chi connectivity index (χ2n) is 3.79. The summed E-state index contributed by atoms with van der Waals surface area (Å²) in [6.45, 7) is -0.0207. The zero-order valence-corrected chi connectivity index (χ0v) is 9.82. The standard InChI is InChI=1S/C10H7N5O5/c16-10(6-3-11-14-13-6)12-5-1-8-9(20-4-19-8)2-7(5)15(17)18/h1-3H,4H2,(H,12,16)(H,11,13,14). The molecule has 0 bridgehead atoms. The van der Waals surface area contributed by atoms with Crippen LogP contribution in [0.15, 0.2) is 18.3 Å². The van der Waals surface area contributed by atoms with Crippen molar-refractivity contribution in [1.29, 1.82) is 0 Å². The number of hydrogen-bond donors (Lipinski definition) is 2. The Morgan fingerprint density at radius 2 is 2.15 bits per heavy atom. The molecule has 1 amide bonds. The van der Waals surface area contributed by atoms with Crippen LogP contribution in [0.5, 0.6) is 11.5 Å². The topological polar surface area (TPSA) is 132 Å². The molecule has 0 aliphatic carbocycles. The van der Waals surface area contributed by atoms with Gasteiger partial charge in [0, 0.05) is 6.07 Å². The molecule has 1 aliphatic heterocycles. The number of aromatic nitrogens is 3. The summed E-state index contributed by atoms with van der Waals surface area (Å²) in [5.74, 6) is -0.0390. The molecular weight excluding hydrogens is 270 g/mol. The number of fused-ring (bicyclic) bond motifs is 1. The molecule has 10 nitrogen and oxygen atoms in total. The van der Waals surface area contributed by atoms with Crippen LogP contribution in [-0.4, -0.2) is 33.0 Å². The summed E-state index contributed by atoms with van der Waals surface area (Å²) in [5.41, 5.74) is -0.296. The number of nitro groups is 1. The van der Waals surface area contributed by atoms with Crippen LogP contribution in [0.25, 0.3) is 0 Å². The zero-order valence-electron chi connectivity index (χ0n) is 9.82. The van der Waals surface area contributed by atoms with E-state index in [0.29, 0.717) is 5.75 Å². The third-order valence-corrected chi connectivity index (χ3v) is 2.58. The lowest BCUT2D eigenvalue weighted by atomic mass is 10.2. The van der Waals surface area contributed by atoms with Gasteiger partial charge in [-0.1, -0.05) is 0 Å². The molecular formula is C10H7N5O5. The van der Waals surface area contributed by atoms with E-state index >= 15 is 0 Å². The monoisotopic (exact) mass is 277 g/mol. The van der Waals surface area contributed by atoms with Crippen molar-refractivity contribution in [1.82, 2.24) is 15.4 Å². The van der Waals surface area contributed by atoms with Crippen LogP contribution >= 0.6 is 0 Å². The minimum atomic E-state index is -0.625. The molecule has 0 saturated heterocycles. The molecule has 20 heavy (non-hydrogen) atoms. The largest absolute Gasteiger partial charge is 0.454 e. The van der Waals surface area contributed by atoms with Gasteiger partial charge < -0.3 is 14.8 Å². The molecule has 0 fully saturated rings. The van der Waals surface area contributed by atoms with Crippen molar-refractivity contribution in [2.45, 2.75) is 0 Å². The minimum Gasteiger partial charge on any atom is -0.454 e. The molecule has 2 heterocycles. The highest BCUT2D eigenvalue weighted by Crippen LogP contribution is 2.40. The van der Waals surface area contributed by atoms with Gasteiger partial charge >= 0.3 is 0 Å². The Bertz CT molecular complexity index is 684. The van der Waals surface area contributed by atoms with Crippen LogP contribution < -0.4 is 14.8 Å². The van der Waals surface area contributed by atoms with Gasteiger partial charge in [0.15, 0.2) is 17.2 Å². The maximum Gasteiger partial charge on any atom is 0.296 e. The molecule has 10 heteroatoms. The number of rotatable bonds is 3. The lowest BCUT2D eigenvalue weighted by Gasteiger charge is -2.05. The zero-order chi connectivity index (χ0) is 14.1. The van der Waals surface area contributed by atoms with Crippen LogP contribution in [0, 0.1) is 10.1 Å². The molecule has 2 aromatic rings. The first-order valence-electron chi connectivity index (χ1n) is 5.40. The lowest BCUT2D eigenvalue weighted by molar-refractivity contribution is -0.384. The van der Waals surface area contributed by atoms with E-state index in [-0.39, 0.29) is 29.6 Å². The highest BCUT2D eigenvalue weighted by Gasteiger charge is 2.25. The number of benzene rings is 1. The van der Waals surface area contributed by atoms with E-state index in [1.165, 1.54) is 18.3 Å². The van der Waals surface area contributed by atoms with Crippen molar-refractivity contribution in [2.24, 2.45) is 0 Å². The van der Waals surface area contributed by atoms with Gasteiger partial charge in [-0.3, -0.25) is 14.9 Å². The summed E-state index contributed by atoms with van der Waals surface area (Å²) < 4.78 is 10.2. The van der Waals surface area contributed by atoms with Crippen molar-refractivity contribution < 1.29 is 19.2 Å². The number of ether oxygens (including phenoxy) is 2. The van der Waals surface area contributed by atoms with E-state index in [1.807, 2.05) is 0 Å². The normalized spacial score (nSPS) is 12.2. The summed E-state index contributed by atoms with van der Waals surface area (Å²) in [4.78, 5) is 22.2. The fourth-order valence-corrected chi connectivity index (χ4v) is 1.68. The molecule has 0 atom stereocenters. The van der Waals surface area contributed by atoms with Gasteiger partial charge in [-0.15, -0.1) is 0 Å². The molecule has 1 aromatic carbocycles. The number of H-pyrrole nitrogens is 1. The Labute approximate surface area is 110 Å². The lowest BCUT2D eigenvalue weighted by Crippen LogP contribution is -2.13. The number of amides is 1. The van der Waals surface area contributed by atoms with Crippen molar-refractivity contribution in [3.8, 4) is 11.5 Å². The number of aromatic amines is 1. The molecule has 0 spiro atoms. The highest BCUT2D eigenvalue weighted by molar-refractivity contribution is 6.04. The molecule has 0 radical (unpaired) electrons. The first-order valence-corrected chi connectivity index (χ1v) is 5.40. The van der Waals surface area contributed by atoms with Crippen molar-refractivity contribution in [2.75, 3.05) is 12.1 Å². The van der Waals surface area contributed by atoms with Crippen molar-refractivity contribution >= 4 is 17.3 Å². The second kappa shape index (κ2) is 4.50.